The fraction of sp³-hybridized carbons (Fsp3) is 0.667. The van der Waals surface area contributed by atoms with Gasteiger partial charge in [0.15, 0.2) is 0 Å². The van der Waals surface area contributed by atoms with Crippen LogP contribution in [0.3, 0.4) is 0 Å². The largest absolute Gasteiger partial charge is 0.476 e. The second-order valence-corrected chi connectivity index (χ2v) is 5.04. The van der Waals surface area contributed by atoms with Gasteiger partial charge >= 0.3 is 5.97 Å². The molecule has 0 unspecified atom stereocenters. The lowest BCUT2D eigenvalue weighted by molar-refractivity contribution is -0.134. The highest BCUT2D eigenvalue weighted by Gasteiger charge is 2.28. The van der Waals surface area contributed by atoms with Gasteiger partial charge in [-0.15, -0.1) is 0 Å². The number of rotatable bonds is 1. The molecule has 1 aliphatic rings. The third-order valence-electron chi connectivity index (χ3n) is 1.96. The molecule has 1 fully saturated rings. The molecule has 1 aliphatic heterocycles. The average molecular weight is 204 g/mol. The van der Waals surface area contributed by atoms with Gasteiger partial charge in [-0.25, -0.2) is 4.79 Å². The fourth-order valence-corrected chi connectivity index (χ4v) is 2.65. The summed E-state index contributed by atoms with van der Waals surface area (Å²) in [5.41, 5.74) is 0.458. The van der Waals surface area contributed by atoms with Crippen molar-refractivity contribution in [2.45, 2.75) is 20.3 Å². The van der Waals surface area contributed by atoms with E-state index in [1.54, 1.807) is 11.8 Å². The summed E-state index contributed by atoms with van der Waals surface area (Å²) in [6.07, 6.45) is 0.554. The van der Waals surface area contributed by atoms with Crippen molar-refractivity contribution in [2.75, 3.05) is 11.5 Å². The summed E-state index contributed by atoms with van der Waals surface area (Å²) in [6, 6.07) is 0. The highest BCUT2D eigenvalue weighted by Crippen LogP contribution is 2.37. The van der Waals surface area contributed by atoms with E-state index in [0.29, 0.717) is 17.7 Å². The molecule has 1 rings (SSSR count). The van der Waals surface area contributed by atoms with Crippen molar-refractivity contribution < 1.29 is 14.3 Å². The summed E-state index contributed by atoms with van der Waals surface area (Å²) >= 11 is 1.59. The second-order valence-electron chi connectivity index (χ2n) is 4.06. The number of carbonyl (C=O) groups is 1. The first-order valence-electron chi connectivity index (χ1n) is 4.11. The van der Waals surface area contributed by atoms with Crippen molar-refractivity contribution >= 4 is 17.7 Å². The molecule has 0 saturated carbocycles. The minimum atomic E-state index is -1.44. The molecule has 1 N–H and O–H groups in total. The standard InChI is InChI=1S/C9H13FO2S/c1-9(2)3-6(4-13-5-9)7(10)8(11)12/h3-5H2,1-2H3,(H,11,12). The molecule has 1 saturated heterocycles. The van der Waals surface area contributed by atoms with Crippen LogP contribution in [-0.2, 0) is 4.79 Å². The maximum Gasteiger partial charge on any atom is 0.364 e. The Hall–Kier alpha value is -0.510. The van der Waals surface area contributed by atoms with E-state index in [-0.39, 0.29) is 5.41 Å². The minimum Gasteiger partial charge on any atom is -0.476 e. The van der Waals surface area contributed by atoms with Crippen LogP contribution >= 0.6 is 11.8 Å². The molecule has 13 heavy (non-hydrogen) atoms. The molecule has 0 aromatic carbocycles. The summed E-state index contributed by atoms with van der Waals surface area (Å²) in [5, 5.41) is 8.46. The molecule has 2 nitrogen and oxygen atoms in total. The minimum absolute atomic E-state index is 0.0189. The first kappa shape index (κ1) is 10.6. The Balaban J connectivity index is 2.82. The van der Waals surface area contributed by atoms with Crippen LogP contribution < -0.4 is 0 Å². The van der Waals surface area contributed by atoms with E-state index >= 15 is 0 Å². The summed E-state index contributed by atoms with van der Waals surface area (Å²) in [6.45, 7) is 4.04. The third kappa shape index (κ3) is 2.72. The lowest BCUT2D eigenvalue weighted by Crippen LogP contribution is -2.22. The van der Waals surface area contributed by atoms with Gasteiger partial charge in [0.05, 0.1) is 0 Å². The van der Waals surface area contributed by atoms with Gasteiger partial charge in [0, 0.05) is 5.75 Å². The van der Waals surface area contributed by atoms with Crippen molar-refractivity contribution in [1.82, 2.24) is 0 Å². The van der Waals surface area contributed by atoms with E-state index in [0.717, 1.165) is 5.75 Å². The van der Waals surface area contributed by atoms with Crippen LogP contribution in [0.2, 0.25) is 0 Å². The number of carboxylic acids is 1. The predicted molar refractivity (Wildman–Crippen MR) is 51.5 cm³/mol. The van der Waals surface area contributed by atoms with Gasteiger partial charge in [-0.1, -0.05) is 13.8 Å². The molecule has 0 aromatic rings. The Bertz CT molecular complexity index is 258. The highest BCUT2D eigenvalue weighted by atomic mass is 32.2. The van der Waals surface area contributed by atoms with E-state index in [2.05, 4.69) is 0 Å². The Morgan fingerprint density at radius 1 is 1.62 bits per heavy atom. The molecule has 0 radical (unpaired) electrons. The number of hydrogen-bond donors (Lipinski definition) is 1. The SMILES string of the molecule is CC1(C)CSCC(=C(F)C(=O)O)C1. The summed E-state index contributed by atoms with van der Waals surface area (Å²) in [4.78, 5) is 10.4. The van der Waals surface area contributed by atoms with Crippen LogP contribution in [0.15, 0.2) is 11.4 Å². The molecule has 0 bridgehead atoms. The summed E-state index contributed by atoms with van der Waals surface area (Å²) in [7, 11) is 0. The van der Waals surface area contributed by atoms with E-state index < -0.39 is 11.8 Å². The van der Waals surface area contributed by atoms with Gasteiger partial charge in [-0.2, -0.15) is 16.2 Å². The molecular formula is C9H13FO2S. The quantitative estimate of drug-likeness (QED) is 0.667. The summed E-state index contributed by atoms with van der Waals surface area (Å²) in [5.74, 6) is -0.918. The highest BCUT2D eigenvalue weighted by molar-refractivity contribution is 7.99. The maximum atomic E-state index is 13.0. The van der Waals surface area contributed by atoms with Crippen LogP contribution in [0.1, 0.15) is 20.3 Å². The van der Waals surface area contributed by atoms with E-state index in [1.807, 2.05) is 13.8 Å². The lowest BCUT2D eigenvalue weighted by Gasteiger charge is -2.30. The van der Waals surface area contributed by atoms with Gasteiger partial charge in [-0.3, -0.25) is 0 Å². The Kier molecular flexibility index (Phi) is 3.01. The molecule has 0 spiro atoms. The lowest BCUT2D eigenvalue weighted by atomic mass is 9.87. The normalized spacial score (nSPS) is 25.5. The Labute approximate surface area is 81.2 Å². The molecule has 0 aliphatic carbocycles. The maximum absolute atomic E-state index is 13.0. The average Bonchev–Trinajstić information content (AvgIpc) is 2.01. The van der Waals surface area contributed by atoms with Crippen LogP contribution in [0, 0.1) is 5.41 Å². The van der Waals surface area contributed by atoms with E-state index in [1.165, 1.54) is 0 Å². The van der Waals surface area contributed by atoms with Crippen molar-refractivity contribution in [1.29, 1.82) is 0 Å². The molecule has 0 atom stereocenters. The van der Waals surface area contributed by atoms with Crippen molar-refractivity contribution in [3.8, 4) is 0 Å². The van der Waals surface area contributed by atoms with Crippen molar-refractivity contribution in [3.05, 3.63) is 11.4 Å². The van der Waals surface area contributed by atoms with Crippen molar-refractivity contribution in [2.24, 2.45) is 5.41 Å². The third-order valence-corrected chi connectivity index (χ3v) is 3.50. The molecule has 1 heterocycles. The first-order chi connectivity index (χ1) is 5.92. The monoisotopic (exact) mass is 204 g/mol. The molecule has 74 valence electrons. The van der Waals surface area contributed by atoms with Gasteiger partial charge in [0.25, 0.3) is 0 Å². The van der Waals surface area contributed by atoms with Gasteiger partial charge in [0.1, 0.15) is 0 Å². The van der Waals surface area contributed by atoms with E-state index in [4.69, 9.17) is 5.11 Å². The Morgan fingerprint density at radius 2 is 2.23 bits per heavy atom. The fourth-order valence-electron chi connectivity index (χ4n) is 1.42. The van der Waals surface area contributed by atoms with Gasteiger partial charge in [-0.05, 0) is 23.2 Å². The molecule has 0 aromatic heterocycles. The number of aliphatic carboxylic acids is 1. The second kappa shape index (κ2) is 3.70. The zero-order valence-corrected chi connectivity index (χ0v) is 8.58. The predicted octanol–water partition coefficient (Wildman–Crippen LogP) is 2.46. The molecule has 4 heteroatoms. The number of halogens is 1. The first-order valence-corrected chi connectivity index (χ1v) is 5.26. The molecular weight excluding hydrogens is 191 g/mol. The summed E-state index contributed by atoms with van der Waals surface area (Å²) < 4.78 is 13.0. The van der Waals surface area contributed by atoms with E-state index in [9.17, 15) is 9.18 Å². The zero-order valence-electron chi connectivity index (χ0n) is 7.76. The van der Waals surface area contributed by atoms with Gasteiger partial charge in [0.2, 0.25) is 5.83 Å². The number of hydrogen-bond acceptors (Lipinski definition) is 2. The van der Waals surface area contributed by atoms with Crippen LogP contribution in [0.25, 0.3) is 0 Å². The number of thioether (sulfide) groups is 1. The smallest absolute Gasteiger partial charge is 0.364 e. The van der Waals surface area contributed by atoms with Crippen LogP contribution in [0.4, 0.5) is 4.39 Å². The number of carboxylic acid groups (broad SMARTS) is 1. The van der Waals surface area contributed by atoms with Crippen molar-refractivity contribution in [3.63, 3.8) is 0 Å². The van der Waals surface area contributed by atoms with Crippen LogP contribution in [0.5, 0.6) is 0 Å². The van der Waals surface area contributed by atoms with Crippen LogP contribution in [-0.4, -0.2) is 22.6 Å². The molecule has 0 amide bonds. The topological polar surface area (TPSA) is 37.3 Å². The van der Waals surface area contributed by atoms with Gasteiger partial charge < -0.3 is 5.11 Å². The Morgan fingerprint density at radius 3 is 2.69 bits per heavy atom. The zero-order chi connectivity index (χ0) is 10.1.